The monoisotopic (exact) mass is 655 g/mol. The molecule has 15 nitrogen and oxygen atoms in total. The van der Waals surface area contributed by atoms with Crippen molar-refractivity contribution in [1.29, 1.82) is 0 Å². The van der Waals surface area contributed by atoms with Crippen LogP contribution in [0.5, 0.6) is 5.75 Å². The maximum absolute atomic E-state index is 13.2. The van der Waals surface area contributed by atoms with E-state index in [0.717, 1.165) is 33.6 Å². The summed E-state index contributed by atoms with van der Waals surface area (Å²) >= 11 is 0. The Morgan fingerprint density at radius 1 is 0.933 bits per heavy atom. The van der Waals surface area contributed by atoms with Crippen LogP contribution in [0.1, 0.15) is 67.2 Å². The zero-order valence-electron chi connectivity index (χ0n) is 26.4. The molecule has 0 aliphatic carbocycles. The highest BCUT2D eigenvalue weighted by Crippen LogP contribution is 2.49. The average Bonchev–Trinajstić information content (AvgIpc) is 2.95. The average molecular weight is 656 g/mol. The SMILES string of the molecule is CCCCC#CNC(=O)Nc1ccc(O[C@H]2O[C@H](CCP(=O)(OCC)OCC)[C@@H](OC(C)=O)[C@H](OC(C)=O)[C@@H]2OC(C)=O)cn1. The first-order chi connectivity index (χ1) is 21.4. The van der Waals surface area contributed by atoms with E-state index in [9.17, 15) is 23.7 Å². The molecule has 0 saturated carbocycles. The molecule has 1 fully saturated rings. The highest BCUT2D eigenvalue weighted by molar-refractivity contribution is 7.53. The molecule has 1 saturated heterocycles. The van der Waals surface area contributed by atoms with Gasteiger partial charge in [0.25, 0.3) is 0 Å². The normalized spacial score (nSPS) is 21.0. The van der Waals surface area contributed by atoms with Crippen LogP contribution < -0.4 is 15.4 Å². The van der Waals surface area contributed by atoms with E-state index in [4.69, 9.17) is 32.7 Å². The molecule has 0 bridgehead atoms. The van der Waals surface area contributed by atoms with Crippen LogP contribution in [0.4, 0.5) is 10.6 Å². The van der Waals surface area contributed by atoms with Crippen molar-refractivity contribution in [3.63, 3.8) is 0 Å². The first kappa shape index (κ1) is 37.5. The van der Waals surface area contributed by atoms with Crippen molar-refractivity contribution < 1.29 is 56.5 Å². The summed E-state index contributed by atoms with van der Waals surface area (Å²) in [5.41, 5.74) is 0. The molecule has 1 aliphatic heterocycles. The molecule has 2 amide bonds. The largest absolute Gasteiger partial charge is 0.459 e. The first-order valence-electron chi connectivity index (χ1n) is 14.6. The summed E-state index contributed by atoms with van der Waals surface area (Å²) in [4.78, 5) is 52.6. The summed E-state index contributed by atoms with van der Waals surface area (Å²) < 4.78 is 52.5. The minimum Gasteiger partial charge on any atom is -0.459 e. The van der Waals surface area contributed by atoms with Gasteiger partial charge in [-0.05, 0) is 38.8 Å². The van der Waals surface area contributed by atoms with Gasteiger partial charge in [0, 0.05) is 33.2 Å². The first-order valence-corrected chi connectivity index (χ1v) is 16.4. The molecule has 250 valence electrons. The number of amides is 2. The summed E-state index contributed by atoms with van der Waals surface area (Å²) in [6.45, 7) is 9.04. The Morgan fingerprint density at radius 3 is 2.11 bits per heavy atom. The van der Waals surface area contributed by atoms with Crippen LogP contribution in [-0.4, -0.2) is 79.0 Å². The van der Waals surface area contributed by atoms with Gasteiger partial charge in [0.05, 0.1) is 25.6 Å². The van der Waals surface area contributed by atoms with Crippen molar-refractivity contribution in [2.75, 3.05) is 24.7 Å². The lowest BCUT2D eigenvalue weighted by molar-refractivity contribution is -0.283. The lowest BCUT2D eigenvalue weighted by Gasteiger charge is -2.44. The highest BCUT2D eigenvalue weighted by atomic mass is 31.2. The zero-order valence-corrected chi connectivity index (χ0v) is 27.3. The van der Waals surface area contributed by atoms with Crippen molar-refractivity contribution in [3.05, 3.63) is 18.3 Å². The van der Waals surface area contributed by atoms with Crippen molar-refractivity contribution in [2.24, 2.45) is 0 Å². The number of carbonyl (C=O) groups is 4. The lowest BCUT2D eigenvalue weighted by atomic mass is 9.96. The number of carbonyl (C=O) groups excluding carboxylic acids is 4. The number of unbranched alkanes of at least 4 members (excludes halogenated alkanes) is 2. The minimum atomic E-state index is -3.56. The van der Waals surface area contributed by atoms with Crippen molar-refractivity contribution >= 4 is 37.4 Å². The number of pyridine rings is 1. The van der Waals surface area contributed by atoms with E-state index in [2.05, 4.69) is 27.6 Å². The number of esters is 3. The molecule has 2 N–H and O–H groups in total. The molecule has 16 heteroatoms. The van der Waals surface area contributed by atoms with E-state index >= 15 is 0 Å². The van der Waals surface area contributed by atoms with E-state index < -0.39 is 62.2 Å². The van der Waals surface area contributed by atoms with Crippen molar-refractivity contribution in [3.8, 4) is 17.7 Å². The lowest BCUT2D eigenvalue weighted by Crippen LogP contribution is -2.62. The number of hydrogen-bond acceptors (Lipinski definition) is 13. The van der Waals surface area contributed by atoms with Gasteiger partial charge in [-0.2, -0.15) is 0 Å². The highest BCUT2D eigenvalue weighted by Gasteiger charge is 2.53. The quantitative estimate of drug-likeness (QED) is 0.0692. The molecule has 1 aromatic rings. The Balaban J connectivity index is 2.33. The molecule has 2 heterocycles. The number of nitrogens with zero attached hydrogens (tertiary/aromatic N) is 1. The van der Waals surface area contributed by atoms with Crippen LogP contribution in [0.25, 0.3) is 0 Å². The van der Waals surface area contributed by atoms with Gasteiger partial charge in [0.1, 0.15) is 17.7 Å². The van der Waals surface area contributed by atoms with Gasteiger partial charge in [-0.1, -0.05) is 19.3 Å². The van der Waals surface area contributed by atoms with E-state index in [1.165, 1.54) is 18.3 Å². The van der Waals surface area contributed by atoms with Crippen molar-refractivity contribution in [2.45, 2.75) is 97.9 Å². The van der Waals surface area contributed by atoms with Crippen LogP contribution in [0, 0.1) is 12.0 Å². The Kier molecular flexibility index (Phi) is 15.8. The van der Waals surface area contributed by atoms with Crippen molar-refractivity contribution in [1.82, 2.24) is 10.3 Å². The summed E-state index contributed by atoms with van der Waals surface area (Å²) in [7, 11) is -3.56. The smallest absolute Gasteiger partial charge is 0.332 e. The molecule has 0 spiro atoms. The molecule has 1 aromatic heterocycles. The number of aromatic nitrogens is 1. The zero-order chi connectivity index (χ0) is 33.4. The van der Waals surface area contributed by atoms with E-state index in [-0.39, 0.29) is 37.4 Å². The van der Waals surface area contributed by atoms with Crippen LogP contribution in [0.3, 0.4) is 0 Å². The number of ether oxygens (including phenoxy) is 5. The second kappa shape index (κ2) is 19.0. The van der Waals surface area contributed by atoms with Gasteiger partial charge < -0.3 is 32.7 Å². The number of rotatable bonds is 15. The Bertz CT molecular complexity index is 1240. The number of hydrogen-bond donors (Lipinski definition) is 2. The Morgan fingerprint density at radius 2 is 1.56 bits per heavy atom. The van der Waals surface area contributed by atoms with E-state index in [0.29, 0.717) is 6.42 Å². The fourth-order valence-electron chi connectivity index (χ4n) is 4.26. The predicted molar refractivity (Wildman–Crippen MR) is 160 cm³/mol. The topological polar surface area (TPSA) is 187 Å². The van der Waals surface area contributed by atoms with Gasteiger partial charge in [0.15, 0.2) is 12.2 Å². The fraction of sp³-hybridized carbons (Fsp3) is 0.621. The Hall–Kier alpha value is -3.70. The maximum atomic E-state index is 13.2. The molecule has 0 unspecified atom stereocenters. The minimum absolute atomic E-state index is 0.0444. The van der Waals surface area contributed by atoms with Gasteiger partial charge >= 0.3 is 31.5 Å². The number of nitrogens with one attached hydrogen (secondary N) is 2. The summed E-state index contributed by atoms with van der Waals surface area (Å²) in [6, 6.07) is 4.91. The summed E-state index contributed by atoms with van der Waals surface area (Å²) in [5, 5.41) is 4.94. The Labute approximate surface area is 262 Å². The number of urea groups is 1. The van der Waals surface area contributed by atoms with E-state index in [1.54, 1.807) is 13.8 Å². The van der Waals surface area contributed by atoms with Gasteiger partial charge in [0.2, 0.25) is 12.4 Å². The third-order valence-corrected chi connectivity index (χ3v) is 8.10. The third kappa shape index (κ3) is 13.1. The molecule has 45 heavy (non-hydrogen) atoms. The molecule has 2 rings (SSSR count). The van der Waals surface area contributed by atoms with Gasteiger partial charge in [-0.3, -0.25) is 29.6 Å². The summed E-state index contributed by atoms with van der Waals surface area (Å²) in [6.07, 6.45) is -2.83. The molecule has 5 atom stereocenters. The maximum Gasteiger partial charge on any atom is 0.332 e. The molecular formula is C29H42N3O12P. The number of anilines is 1. The third-order valence-electron chi connectivity index (χ3n) is 5.99. The van der Waals surface area contributed by atoms with Crippen LogP contribution in [-0.2, 0) is 46.9 Å². The molecule has 1 aliphatic rings. The predicted octanol–water partition coefficient (Wildman–Crippen LogP) is 3.91. The van der Waals surface area contributed by atoms with Gasteiger partial charge in [-0.15, -0.1) is 0 Å². The molecular weight excluding hydrogens is 613 g/mol. The van der Waals surface area contributed by atoms with E-state index in [1.807, 2.05) is 6.92 Å². The molecule has 0 aromatic carbocycles. The fourth-order valence-corrected chi connectivity index (χ4v) is 5.95. The van der Waals surface area contributed by atoms with Gasteiger partial charge in [-0.25, -0.2) is 9.78 Å². The van der Waals surface area contributed by atoms with Crippen LogP contribution >= 0.6 is 7.60 Å². The molecule has 0 radical (unpaired) electrons. The summed E-state index contributed by atoms with van der Waals surface area (Å²) in [5.74, 6) is 0.908. The standard InChI is InChI=1S/C29H42N3O12P/c1-7-10-11-12-16-30-29(36)32-24-14-13-22(18-31-24)43-28-27(42-21(6)35)26(41-20(5)34)25(40-19(4)33)23(44-28)15-17-45(37,38-8-2)39-9-3/h13-14,18,23,25-28H,7-11,15,17H2,1-6H3,(H2,30,31,32,36)/t23-,25-,26+,27+,28+/m1/s1. The van der Waals surface area contributed by atoms with Crippen LogP contribution in [0.15, 0.2) is 18.3 Å². The van der Waals surface area contributed by atoms with Crippen LogP contribution in [0.2, 0.25) is 0 Å². The second-order valence-corrected chi connectivity index (χ2v) is 11.9. The second-order valence-electron chi connectivity index (χ2n) is 9.71.